The molecule has 1 N–H and O–H groups in total. The van der Waals surface area contributed by atoms with E-state index in [9.17, 15) is 0 Å². The second kappa shape index (κ2) is 6.12. The summed E-state index contributed by atoms with van der Waals surface area (Å²) in [5.41, 5.74) is 1.40. The van der Waals surface area contributed by atoms with Crippen molar-refractivity contribution in [2.24, 2.45) is 0 Å². The van der Waals surface area contributed by atoms with Gasteiger partial charge >= 0.3 is 0 Å². The highest BCUT2D eigenvalue weighted by Crippen LogP contribution is 2.42. The van der Waals surface area contributed by atoms with Gasteiger partial charge in [0.2, 0.25) is 0 Å². The van der Waals surface area contributed by atoms with Gasteiger partial charge in [-0.25, -0.2) is 0 Å². The predicted octanol–water partition coefficient (Wildman–Crippen LogP) is 1.61. The Morgan fingerprint density at radius 1 is 1.15 bits per heavy atom. The fraction of sp³-hybridized carbons (Fsp3) is 0.625. The molecule has 0 bridgehead atoms. The zero-order valence-electron chi connectivity index (χ0n) is 12.2. The Hall–Kier alpha value is -1.10. The first-order valence-corrected chi connectivity index (χ1v) is 7.54. The highest BCUT2D eigenvalue weighted by Gasteiger charge is 2.42. The summed E-state index contributed by atoms with van der Waals surface area (Å²) < 4.78 is 11.3. The van der Waals surface area contributed by atoms with Crippen LogP contribution in [0.25, 0.3) is 0 Å². The molecule has 0 amide bonds. The van der Waals surface area contributed by atoms with E-state index in [2.05, 4.69) is 28.4 Å². The average Bonchev–Trinajstić information content (AvgIpc) is 2.56. The van der Waals surface area contributed by atoms with Gasteiger partial charge in [0, 0.05) is 45.0 Å². The lowest BCUT2D eigenvalue weighted by atomic mass is 9.80. The molecule has 20 heavy (non-hydrogen) atoms. The Morgan fingerprint density at radius 3 is 2.55 bits per heavy atom. The Balaban J connectivity index is 1.99. The molecule has 0 aromatic heterocycles. The van der Waals surface area contributed by atoms with Crippen molar-refractivity contribution in [1.29, 1.82) is 0 Å². The monoisotopic (exact) mass is 276 g/mol. The second-order valence-electron chi connectivity index (χ2n) is 5.58. The maximum atomic E-state index is 5.63. The van der Waals surface area contributed by atoms with Crippen LogP contribution in [0.4, 0.5) is 0 Å². The van der Waals surface area contributed by atoms with Gasteiger partial charge in [0.1, 0.15) is 5.75 Å². The van der Waals surface area contributed by atoms with E-state index in [1.807, 2.05) is 6.07 Å². The molecule has 0 aliphatic carbocycles. The predicted molar refractivity (Wildman–Crippen MR) is 79.2 cm³/mol. The second-order valence-corrected chi connectivity index (χ2v) is 5.58. The van der Waals surface area contributed by atoms with Gasteiger partial charge in [-0.3, -0.25) is 4.90 Å². The molecule has 0 spiro atoms. The number of piperazine rings is 1. The van der Waals surface area contributed by atoms with Crippen molar-refractivity contribution in [3.8, 4) is 5.75 Å². The van der Waals surface area contributed by atoms with Crippen LogP contribution >= 0.6 is 0 Å². The van der Waals surface area contributed by atoms with Gasteiger partial charge < -0.3 is 14.8 Å². The fourth-order valence-electron chi connectivity index (χ4n) is 3.59. The van der Waals surface area contributed by atoms with Gasteiger partial charge in [-0.05, 0) is 18.9 Å². The van der Waals surface area contributed by atoms with Crippen LogP contribution in [0, 0.1) is 0 Å². The molecular weight excluding hydrogens is 252 g/mol. The van der Waals surface area contributed by atoms with Crippen molar-refractivity contribution < 1.29 is 9.47 Å². The van der Waals surface area contributed by atoms with Crippen LogP contribution in [0.15, 0.2) is 24.3 Å². The SMILES string of the molecule is COc1ccccc1C1(N2CCNCC2)CCOCC1. The first-order chi connectivity index (χ1) is 9.87. The molecule has 0 radical (unpaired) electrons. The lowest BCUT2D eigenvalue weighted by Gasteiger charge is -2.48. The van der Waals surface area contributed by atoms with Crippen LogP contribution < -0.4 is 10.1 Å². The molecule has 1 aromatic carbocycles. The van der Waals surface area contributed by atoms with Crippen LogP contribution in [0.1, 0.15) is 18.4 Å². The molecule has 2 aliphatic heterocycles. The van der Waals surface area contributed by atoms with E-state index in [1.54, 1.807) is 7.11 Å². The van der Waals surface area contributed by atoms with Gasteiger partial charge in [0.25, 0.3) is 0 Å². The molecule has 3 rings (SSSR count). The minimum atomic E-state index is 0.0763. The number of nitrogens with zero attached hydrogens (tertiary/aromatic N) is 1. The number of nitrogens with one attached hydrogen (secondary N) is 1. The number of hydrogen-bond donors (Lipinski definition) is 1. The Kier molecular flexibility index (Phi) is 4.24. The minimum absolute atomic E-state index is 0.0763. The fourth-order valence-corrected chi connectivity index (χ4v) is 3.59. The summed E-state index contributed by atoms with van der Waals surface area (Å²) >= 11 is 0. The van der Waals surface area contributed by atoms with Crippen molar-refractivity contribution in [3.63, 3.8) is 0 Å². The van der Waals surface area contributed by atoms with Gasteiger partial charge in [0.15, 0.2) is 0 Å². The van der Waals surface area contributed by atoms with Gasteiger partial charge in [0.05, 0.1) is 12.6 Å². The summed E-state index contributed by atoms with van der Waals surface area (Å²) in [6.45, 7) is 6.00. The van der Waals surface area contributed by atoms with E-state index in [0.29, 0.717) is 0 Å². The minimum Gasteiger partial charge on any atom is -0.496 e. The van der Waals surface area contributed by atoms with Crippen LogP contribution in [-0.4, -0.2) is 51.4 Å². The zero-order valence-corrected chi connectivity index (χ0v) is 12.2. The quantitative estimate of drug-likeness (QED) is 0.909. The average molecular weight is 276 g/mol. The molecular formula is C16H24N2O2. The number of ether oxygens (including phenoxy) is 2. The Labute approximate surface area is 121 Å². The first kappa shape index (κ1) is 13.9. The van der Waals surface area contributed by atoms with E-state index >= 15 is 0 Å². The van der Waals surface area contributed by atoms with E-state index in [-0.39, 0.29) is 5.54 Å². The van der Waals surface area contributed by atoms with E-state index in [0.717, 1.165) is 58.0 Å². The Bertz CT molecular complexity index is 438. The largest absolute Gasteiger partial charge is 0.496 e. The third-order valence-corrected chi connectivity index (χ3v) is 4.65. The lowest BCUT2D eigenvalue weighted by Crippen LogP contribution is -2.56. The molecule has 0 saturated carbocycles. The summed E-state index contributed by atoms with van der Waals surface area (Å²) in [6, 6.07) is 8.48. The maximum Gasteiger partial charge on any atom is 0.123 e. The molecule has 0 unspecified atom stereocenters. The van der Waals surface area contributed by atoms with Gasteiger partial charge in [-0.1, -0.05) is 18.2 Å². The first-order valence-electron chi connectivity index (χ1n) is 7.54. The number of hydrogen-bond acceptors (Lipinski definition) is 4. The van der Waals surface area contributed by atoms with Crippen LogP contribution in [-0.2, 0) is 10.3 Å². The van der Waals surface area contributed by atoms with E-state index in [4.69, 9.17) is 9.47 Å². The molecule has 2 saturated heterocycles. The normalized spacial score (nSPS) is 23.4. The smallest absolute Gasteiger partial charge is 0.123 e. The molecule has 2 heterocycles. The topological polar surface area (TPSA) is 33.7 Å². The summed E-state index contributed by atoms with van der Waals surface area (Å²) in [5, 5.41) is 3.45. The van der Waals surface area contributed by atoms with Crippen molar-refractivity contribution in [2.45, 2.75) is 18.4 Å². The zero-order chi connectivity index (χ0) is 13.8. The third kappa shape index (κ3) is 2.43. The highest BCUT2D eigenvalue weighted by atomic mass is 16.5. The molecule has 0 atom stereocenters. The summed E-state index contributed by atoms with van der Waals surface area (Å²) in [5.74, 6) is 1.01. The van der Waals surface area contributed by atoms with Crippen molar-refractivity contribution in [3.05, 3.63) is 29.8 Å². The van der Waals surface area contributed by atoms with Crippen molar-refractivity contribution in [1.82, 2.24) is 10.2 Å². The maximum absolute atomic E-state index is 5.63. The summed E-state index contributed by atoms with van der Waals surface area (Å²) in [7, 11) is 1.77. The van der Waals surface area contributed by atoms with E-state index in [1.165, 1.54) is 5.56 Å². The van der Waals surface area contributed by atoms with Crippen molar-refractivity contribution >= 4 is 0 Å². The summed E-state index contributed by atoms with van der Waals surface area (Å²) in [4.78, 5) is 2.63. The molecule has 4 nitrogen and oxygen atoms in total. The van der Waals surface area contributed by atoms with Gasteiger partial charge in [-0.15, -0.1) is 0 Å². The number of benzene rings is 1. The van der Waals surface area contributed by atoms with Gasteiger partial charge in [-0.2, -0.15) is 0 Å². The number of para-hydroxylation sites is 1. The van der Waals surface area contributed by atoms with Crippen LogP contribution in [0.2, 0.25) is 0 Å². The van der Waals surface area contributed by atoms with Crippen LogP contribution in [0.5, 0.6) is 5.75 Å². The van der Waals surface area contributed by atoms with Crippen LogP contribution in [0.3, 0.4) is 0 Å². The number of methoxy groups -OCH3 is 1. The van der Waals surface area contributed by atoms with Crippen molar-refractivity contribution in [2.75, 3.05) is 46.5 Å². The standard InChI is InChI=1S/C16H24N2O2/c1-19-15-5-3-2-4-14(15)16(6-12-20-13-7-16)18-10-8-17-9-11-18/h2-5,17H,6-13H2,1H3. The third-order valence-electron chi connectivity index (χ3n) is 4.65. The molecule has 1 aromatic rings. The molecule has 4 heteroatoms. The molecule has 2 aliphatic rings. The lowest BCUT2D eigenvalue weighted by molar-refractivity contribution is -0.0383. The highest BCUT2D eigenvalue weighted by molar-refractivity contribution is 5.39. The van der Waals surface area contributed by atoms with E-state index < -0.39 is 0 Å². The summed E-state index contributed by atoms with van der Waals surface area (Å²) in [6.07, 6.45) is 2.10. The Morgan fingerprint density at radius 2 is 1.85 bits per heavy atom. The number of rotatable bonds is 3. The molecule has 2 fully saturated rings. The molecule has 110 valence electrons.